The van der Waals surface area contributed by atoms with Gasteiger partial charge in [-0.15, -0.1) is 0 Å². The second-order valence-corrected chi connectivity index (χ2v) is 6.30. The molecular formula is C18H19BrN2. The van der Waals surface area contributed by atoms with Crippen molar-refractivity contribution in [1.82, 2.24) is 9.78 Å². The third kappa shape index (κ3) is 3.03. The van der Waals surface area contributed by atoms with Crippen molar-refractivity contribution in [2.24, 2.45) is 0 Å². The van der Waals surface area contributed by atoms with E-state index in [1.807, 2.05) is 0 Å². The zero-order chi connectivity index (χ0) is 14.7. The van der Waals surface area contributed by atoms with Crippen molar-refractivity contribution in [1.29, 1.82) is 0 Å². The number of aromatic nitrogens is 2. The van der Waals surface area contributed by atoms with Gasteiger partial charge in [-0.3, -0.25) is 4.68 Å². The molecule has 3 rings (SSSR count). The molecule has 1 aromatic heterocycles. The summed E-state index contributed by atoms with van der Waals surface area (Å²) in [5.41, 5.74) is 3.77. The lowest BCUT2D eigenvalue weighted by Crippen LogP contribution is -1.98. The number of nitrogens with zero attached hydrogens (tertiary/aromatic N) is 2. The lowest BCUT2D eigenvalue weighted by molar-refractivity contribution is 0.659. The standard InChI is InChI=1S/C18H19BrN2/c1-2-21-18-11-7-6-10-15(18)17(20-21)13-12-16(19)14-8-4-3-5-9-14/h3-11,16H,2,12-13H2,1H3. The Labute approximate surface area is 133 Å². The van der Waals surface area contributed by atoms with E-state index in [9.17, 15) is 0 Å². The molecule has 0 aliphatic heterocycles. The molecule has 1 unspecified atom stereocenters. The van der Waals surface area contributed by atoms with Crippen molar-refractivity contribution >= 4 is 26.8 Å². The first-order valence-corrected chi connectivity index (χ1v) is 8.34. The smallest absolute Gasteiger partial charge is 0.0703 e. The fourth-order valence-electron chi connectivity index (χ4n) is 2.71. The van der Waals surface area contributed by atoms with Crippen LogP contribution in [0.4, 0.5) is 0 Å². The third-order valence-corrected chi connectivity index (χ3v) is 4.82. The number of hydrogen-bond acceptors (Lipinski definition) is 1. The van der Waals surface area contributed by atoms with E-state index in [4.69, 9.17) is 5.10 Å². The maximum Gasteiger partial charge on any atom is 0.0703 e. The largest absolute Gasteiger partial charge is 0.265 e. The van der Waals surface area contributed by atoms with E-state index in [2.05, 4.69) is 82.1 Å². The highest BCUT2D eigenvalue weighted by molar-refractivity contribution is 9.09. The topological polar surface area (TPSA) is 17.8 Å². The van der Waals surface area contributed by atoms with Crippen LogP contribution in [0.1, 0.15) is 29.4 Å². The minimum atomic E-state index is 0.379. The maximum absolute atomic E-state index is 4.77. The van der Waals surface area contributed by atoms with E-state index in [0.29, 0.717) is 4.83 Å². The number of para-hydroxylation sites is 1. The fraction of sp³-hybridized carbons (Fsp3) is 0.278. The van der Waals surface area contributed by atoms with E-state index in [1.54, 1.807) is 0 Å². The highest BCUT2D eigenvalue weighted by Crippen LogP contribution is 2.29. The maximum atomic E-state index is 4.77. The quantitative estimate of drug-likeness (QED) is 0.588. The fourth-order valence-corrected chi connectivity index (χ4v) is 3.25. The molecule has 108 valence electrons. The van der Waals surface area contributed by atoms with E-state index in [1.165, 1.54) is 22.2 Å². The Balaban J connectivity index is 1.79. The Morgan fingerprint density at radius 1 is 1.05 bits per heavy atom. The number of benzene rings is 2. The molecular weight excluding hydrogens is 324 g/mol. The monoisotopic (exact) mass is 342 g/mol. The summed E-state index contributed by atoms with van der Waals surface area (Å²) in [6, 6.07) is 19.1. The Morgan fingerprint density at radius 2 is 1.76 bits per heavy atom. The highest BCUT2D eigenvalue weighted by Gasteiger charge is 2.12. The van der Waals surface area contributed by atoms with Crippen LogP contribution in [0.15, 0.2) is 54.6 Å². The number of hydrogen-bond donors (Lipinski definition) is 0. The summed E-state index contributed by atoms with van der Waals surface area (Å²) in [7, 11) is 0. The average molecular weight is 343 g/mol. The van der Waals surface area contributed by atoms with Crippen LogP contribution in [0, 0.1) is 0 Å². The molecule has 2 nitrogen and oxygen atoms in total. The molecule has 3 heteroatoms. The molecule has 0 aliphatic rings. The third-order valence-electron chi connectivity index (χ3n) is 3.83. The molecule has 21 heavy (non-hydrogen) atoms. The van der Waals surface area contributed by atoms with Gasteiger partial charge in [-0.25, -0.2) is 0 Å². The van der Waals surface area contributed by atoms with Crippen molar-refractivity contribution < 1.29 is 0 Å². The number of aryl methyl sites for hydroxylation is 2. The Hall–Kier alpha value is -1.61. The minimum absolute atomic E-state index is 0.379. The Kier molecular flexibility index (Phi) is 4.39. The van der Waals surface area contributed by atoms with Gasteiger partial charge in [0.2, 0.25) is 0 Å². The molecule has 0 bridgehead atoms. The highest BCUT2D eigenvalue weighted by atomic mass is 79.9. The molecule has 1 heterocycles. The van der Waals surface area contributed by atoms with Crippen LogP contribution >= 0.6 is 15.9 Å². The van der Waals surface area contributed by atoms with Crippen molar-refractivity contribution in [3.05, 3.63) is 65.9 Å². The van der Waals surface area contributed by atoms with Gasteiger partial charge in [0.1, 0.15) is 0 Å². The summed E-state index contributed by atoms with van der Waals surface area (Å²) < 4.78 is 2.09. The number of fused-ring (bicyclic) bond motifs is 1. The second-order valence-electron chi connectivity index (χ2n) is 5.20. The normalized spacial score (nSPS) is 12.7. The molecule has 0 aliphatic carbocycles. The SMILES string of the molecule is CCn1nc(CCC(Br)c2ccccc2)c2ccccc21. The van der Waals surface area contributed by atoms with E-state index < -0.39 is 0 Å². The molecule has 1 atom stereocenters. The van der Waals surface area contributed by atoms with E-state index in [0.717, 1.165) is 19.4 Å². The first-order valence-electron chi connectivity index (χ1n) is 7.43. The first-order chi connectivity index (χ1) is 10.3. The molecule has 0 N–H and O–H groups in total. The van der Waals surface area contributed by atoms with Crippen molar-refractivity contribution in [3.8, 4) is 0 Å². The van der Waals surface area contributed by atoms with Crippen LogP contribution in [-0.4, -0.2) is 9.78 Å². The van der Waals surface area contributed by atoms with Gasteiger partial charge < -0.3 is 0 Å². The molecule has 0 fully saturated rings. The van der Waals surface area contributed by atoms with Gasteiger partial charge in [-0.05, 0) is 31.4 Å². The van der Waals surface area contributed by atoms with Crippen molar-refractivity contribution in [3.63, 3.8) is 0 Å². The number of halogens is 1. The number of alkyl halides is 1. The van der Waals surface area contributed by atoms with Crippen molar-refractivity contribution in [2.75, 3.05) is 0 Å². The van der Waals surface area contributed by atoms with Gasteiger partial charge in [0.15, 0.2) is 0 Å². The summed E-state index contributed by atoms with van der Waals surface area (Å²) in [5, 5.41) is 6.05. The lowest BCUT2D eigenvalue weighted by atomic mass is 10.1. The predicted molar refractivity (Wildman–Crippen MR) is 91.8 cm³/mol. The average Bonchev–Trinajstić information content (AvgIpc) is 2.91. The van der Waals surface area contributed by atoms with E-state index in [-0.39, 0.29) is 0 Å². The van der Waals surface area contributed by atoms with E-state index >= 15 is 0 Å². The van der Waals surface area contributed by atoms with Gasteiger partial charge in [-0.1, -0.05) is 64.5 Å². The Morgan fingerprint density at radius 3 is 2.52 bits per heavy atom. The number of rotatable bonds is 5. The van der Waals surface area contributed by atoms with Gasteiger partial charge in [-0.2, -0.15) is 5.10 Å². The van der Waals surface area contributed by atoms with Crippen LogP contribution < -0.4 is 0 Å². The van der Waals surface area contributed by atoms with Crippen LogP contribution in [0.2, 0.25) is 0 Å². The summed E-state index contributed by atoms with van der Waals surface area (Å²) in [4.78, 5) is 0.379. The molecule has 0 saturated heterocycles. The lowest BCUT2D eigenvalue weighted by Gasteiger charge is -2.08. The van der Waals surface area contributed by atoms with Gasteiger partial charge >= 0.3 is 0 Å². The summed E-state index contributed by atoms with van der Waals surface area (Å²) >= 11 is 3.80. The zero-order valence-corrected chi connectivity index (χ0v) is 13.8. The minimum Gasteiger partial charge on any atom is -0.265 e. The summed E-state index contributed by atoms with van der Waals surface area (Å²) in [5.74, 6) is 0. The van der Waals surface area contributed by atoms with Crippen molar-refractivity contribution in [2.45, 2.75) is 31.1 Å². The van der Waals surface area contributed by atoms with Crippen LogP contribution in [0.3, 0.4) is 0 Å². The molecule has 0 radical (unpaired) electrons. The van der Waals surface area contributed by atoms with Crippen LogP contribution in [-0.2, 0) is 13.0 Å². The zero-order valence-electron chi connectivity index (χ0n) is 12.2. The van der Waals surface area contributed by atoms with Crippen LogP contribution in [0.5, 0.6) is 0 Å². The molecule has 0 saturated carbocycles. The van der Waals surface area contributed by atoms with Gasteiger partial charge in [0.05, 0.1) is 11.2 Å². The summed E-state index contributed by atoms with van der Waals surface area (Å²) in [6.45, 7) is 3.05. The molecule has 0 amide bonds. The molecule has 0 spiro atoms. The molecule has 2 aromatic carbocycles. The second kappa shape index (κ2) is 6.44. The summed E-state index contributed by atoms with van der Waals surface area (Å²) in [6.07, 6.45) is 2.03. The van der Waals surface area contributed by atoms with Crippen LogP contribution in [0.25, 0.3) is 10.9 Å². The predicted octanol–water partition coefficient (Wildman–Crippen LogP) is 5.13. The molecule has 3 aromatic rings. The van der Waals surface area contributed by atoms with Gasteiger partial charge in [0.25, 0.3) is 0 Å². The Bertz CT molecular complexity index is 718. The first kappa shape index (κ1) is 14.3. The van der Waals surface area contributed by atoms with Gasteiger partial charge in [0, 0.05) is 16.8 Å².